The van der Waals surface area contributed by atoms with Crippen molar-refractivity contribution in [2.75, 3.05) is 0 Å². The van der Waals surface area contributed by atoms with Crippen molar-refractivity contribution in [1.82, 2.24) is 23.5 Å². The van der Waals surface area contributed by atoms with Crippen molar-refractivity contribution < 1.29 is 0 Å². The second-order valence-corrected chi connectivity index (χ2v) is 7.26. The number of aryl methyl sites for hydroxylation is 3. The molecule has 0 atom stereocenters. The van der Waals surface area contributed by atoms with Gasteiger partial charge in [0.05, 0.1) is 5.69 Å². The van der Waals surface area contributed by atoms with Crippen molar-refractivity contribution in [2.24, 2.45) is 7.05 Å². The Bertz CT molecular complexity index is 1520. The first-order chi connectivity index (χ1) is 14.0. The van der Waals surface area contributed by atoms with Gasteiger partial charge in [0.25, 0.3) is 5.56 Å². The topological polar surface area (TPSA) is 77.1 Å². The van der Waals surface area contributed by atoms with Crippen LogP contribution in [0.2, 0.25) is 0 Å². The summed E-state index contributed by atoms with van der Waals surface area (Å²) in [5, 5.41) is 0. The van der Waals surface area contributed by atoms with Gasteiger partial charge in [-0.15, -0.1) is 0 Å². The Kier molecular flexibility index (Phi) is 3.61. The molecule has 7 heteroatoms. The molecule has 0 saturated heterocycles. The van der Waals surface area contributed by atoms with Crippen LogP contribution in [-0.2, 0) is 7.05 Å². The lowest BCUT2D eigenvalue weighted by Gasteiger charge is -2.11. The molecule has 144 valence electrons. The van der Waals surface area contributed by atoms with E-state index >= 15 is 0 Å². The van der Waals surface area contributed by atoms with Gasteiger partial charge in [0.1, 0.15) is 0 Å². The van der Waals surface area contributed by atoms with E-state index in [0.717, 1.165) is 22.5 Å². The van der Waals surface area contributed by atoms with Gasteiger partial charge in [-0.2, -0.15) is 4.98 Å². The summed E-state index contributed by atoms with van der Waals surface area (Å²) < 4.78 is 5.13. The lowest BCUT2D eigenvalue weighted by Crippen LogP contribution is -2.28. The Morgan fingerprint density at radius 1 is 0.966 bits per heavy atom. The maximum atomic E-state index is 12.6. The van der Waals surface area contributed by atoms with E-state index in [1.807, 2.05) is 47.2 Å². The van der Waals surface area contributed by atoms with E-state index in [1.165, 1.54) is 10.1 Å². The Morgan fingerprint density at radius 2 is 1.72 bits per heavy atom. The van der Waals surface area contributed by atoms with Crippen LogP contribution >= 0.6 is 0 Å². The fourth-order valence-electron chi connectivity index (χ4n) is 3.69. The molecule has 0 spiro atoms. The third kappa shape index (κ3) is 2.47. The average Bonchev–Trinajstić information content (AvgIpc) is 3.25. The van der Waals surface area contributed by atoms with Gasteiger partial charge in [0.15, 0.2) is 11.2 Å². The number of hydrogen-bond acceptors (Lipinski definition) is 3. The molecule has 0 amide bonds. The van der Waals surface area contributed by atoms with Gasteiger partial charge >= 0.3 is 5.69 Å². The van der Waals surface area contributed by atoms with Crippen molar-refractivity contribution in [3.05, 3.63) is 86.7 Å². The van der Waals surface area contributed by atoms with Crippen LogP contribution in [0.4, 0.5) is 0 Å². The summed E-state index contributed by atoms with van der Waals surface area (Å²) in [6.07, 6.45) is 1.90. The number of hydrogen-bond donors (Lipinski definition) is 1. The Morgan fingerprint density at radius 3 is 2.45 bits per heavy atom. The highest BCUT2D eigenvalue weighted by Crippen LogP contribution is 2.29. The smallest absolute Gasteiger partial charge is 0.279 e. The summed E-state index contributed by atoms with van der Waals surface area (Å²) in [7, 11) is 1.60. The standard InChI is InChI=1S/C22H19N5O2/c1-13-9-10-16(11-14(13)2)27-17(15-7-5-4-6-8-15)12-26-18-19(23-21(26)27)25(3)22(29)24-20(18)28/h4-12H,1-3H3,(H,24,28,29). The summed E-state index contributed by atoms with van der Waals surface area (Å²) in [6, 6.07) is 16.2. The van der Waals surface area contributed by atoms with Crippen molar-refractivity contribution in [2.45, 2.75) is 13.8 Å². The Balaban J connectivity index is 1.96. The fraction of sp³-hybridized carbons (Fsp3) is 0.136. The van der Waals surface area contributed by atoms with Gasteiger partial charge in [0, 0.05) is 24.5 Å². The SMILES string of the molecule is Cc1ccc(-n2c(-c3ccccc3)cn3c4c(=O)[nH]c(=O)n(C)c4nc23)cc1C. The molecule has 0 radical (unpaired) electrons. The molecule has 2 aromatic carbocycles. The van der Waals surface area contributed by atoms with E-state index in [-0.39, 0.29) is 0 Å². The van der Waals surface area contributed by atoms with Crippen molar-refractivity contribution in [3.63, 3.8) is 0 Å². The van der Waals surface area contributed by atoms with Crippen LogP contribution in [0.1, 0.15) is 11.1 Å². The van der Waals surface area contributed by atoms with Crippen LogP contribution in [0.5, 0.6) is 0 Å². The summed E-state index contributed by atoms with van der Waals surface area (Å²) in [5.74, 6) is 0.578. The predicted molar refractivity (Wildman–Crippen MR) is 113 cm³/mol. The minimum Gasteiger partial charge on any atom is -0.279 e. The number of benzene rings is 2. The van der Waals surface area contributed by atoms with Crippen LogP contribution in [0.15, 0.2) is 64.3 Å². The number of nitrogens with zero attached hydrogens (tertiary/aromatic N) is 4. The first-order valence-electron chi connectivity index (χ1n) is 9.31. The van der Waals surface area contributed by atoms with Gasteiger partial charge in [-0.25, -0.2) is 4.79 Å². The molecule has 3 heterocycles. The van der Waals surface area contributed by atoms with E-state index < -0.39 is 11.2 Å². The van der Waals surface area contributed by atoms with Gasteiger partial charge in [-0.05, 0) is 37.1 Å². The van der Waals surface area contributed by atoms with E-state index in [0.29, 0.717) is 16.9 Å². The number of nitrogens with one attached hydrogen (secondary N) is 1. The van der Waals surface area contributed by atoms with Crippen molar-refractivity contribution >= 4 is 16.9 Å². The monoisotopic (exact) mass is 385 g/mol. The van der Waals surface area contributed by atoms with Gasteiger partial charge in [-0.1, -0.05) is 36.4 Å². The fourth-order valence-corrected chi connectivity index (χ4v) is 3.69. The minimum atomic E-state index is -0.482. The van der Waals surface area contributed by atoms with Gasteiger partial charge in [-0.3, -0.25) is 23.3 Å². The van der Waals surface area contributed by atoms with E-state index in [4.69, 9.17) is 0 Å². The van der Waals surface area contributed by atoms with Gasteiger partial charge < -0.3 is 0 Å². The lowest BCUT2D eigenvalue weighted by molar-refractivity contribution is 0.831. The van der Waals surface area contributed by atoms with Crippen LogP contribution in [-0.4, -0.2) is 23.5 Å². The molecule has 1 N–H and O–H groups in total. The highest BCUT2D eigenvalue weighted by Gasteiger charge is 2.20. The highest BCUT2D eigenvalue weighted by atomic mass is 16.2. The molecule has 0 saturated carbocycles. The van der Waals surface area contributed by atoms with Gasteiger partial charge in [0.2, 0.25) is 5.78 Å². The van der Waals surface area contributed by atoms with Crippen molar-refractivity contribution in [1.29, 1.82) is 0 Å². The maximum absolute atomic E-state index is 12.6. The average molecular weight is 385 g/mol. The number of fused-ring (bicyclic) bond motifs is 3. The molecule has 0 fully saturated rings. The summed E-state index contributed by atoms with van der Waals surface area (Å²) in [5.41, 5.74) is 4.99. The second kappa shape index (κ2) is 6.07. The number of rotatable bonds is 2. The molecule has 29 heavy (non-hydrogen) atoms. The number of H-pyrrole nitrogens is 1. The molecule has 0 unspecified atom stereocenters. The first-order valence-corrected chi connectivity index (χ1v) is 9.31. The molecule has 0 aliphatic rings. The Labute approximate surface area is 165 Å². The van der Waals surface area contributed by atoms with Crippen molar-refractivity contribution in [3.8, 4) is 16.9 Å². The normalized spacial score (nSPS) is 11.6. The zero-order chi connectivity index (χ0) is 20.3. The molecule has 5 aromatic rings. The summed E-state index contributed by atoms with van der Waals surface area (Å²) in [6.45, 7) is 4.14. The summed E-state index contributed by atoms with van der Waals surface area (Å²) >= 11 is 0. The number of imidazole rings is 2. The summed E-state index contributed by atoms with van der Waals surface area (Å²) in [4.78, 5) is 31.7. The largest absolute Gasteiger partial charge is 0.329 e. The molecule has 0 aliphatic heterocycles. The Hall–Kier alpha value is -3.87. The molecular formula is C22H19N5O2. The molecule has 5 rings (SSSR count). The zero-order valence-electron chi connectivity index (χ0n) is 16.3. The van der Waals surface area contributed by atoms with E-state index in [9.17, 15) is 9.59 Å². The lowest BCUT2D eigenvalue weighted by atomic mass is 10.1. The quantitative estimate of drug-likeness (QED) is 0.508. The maximum Gasteiger partial charge on any atom is 0.329 e. The minimum absolute atomic E-state index is 0.349. The zero-order valence-corrected chi connectivity index (χ0v) is 16.3. The third-order valence-electron chi connectivity index (χ3n) is 5.44. The van der Waals surface area contributed by atoms with Crippen LogP contribution in [0.25, 0.3) is 33.9 Å². The molecule has 3 aromatic heterocycles. The number of aromatic nitrogens is 5. The van der Waals surface area contributed by atoms with E-state index in [2.05, 4.69) is 35.9 Å². The van der Waals surface area contributed by atoms with Crippen LogP contribution < -0.4 is 11.2 Å². The van der Waals surface area contributed by atoms with E-state index in [1.54, 1.807) is 11.4 Å². The third-order valence-corrected chi connectivity index (χ3v) is 5.44. The van der Waals surface area contributed by atoms with Crippen LogP contribution in [0, 0.1) is 13.8 Å². The molecule has 0 bridgehead atoms. The second-order valence-electron chi connectivity index (χ2n) is 7.26. The number of aromatic amines is 1. The highest BCUT2D eigenvalue weighted by molar-refractivity contribution is 5.79. The predicted octanol–water partition coefficient (Wildman–Crippen LogP) is 2.95. The van der Waals surface area contributed by atoms with Crippen LogP contribution in [0.3, 0.4) is 0 Å². The first kappa shape index (κ1) is 17.2. The molecule has 7 nitrogen and oxygen atoms in total. The molecular weight excluding hydrogens is 366 g/mol. The molecule has 0 aliphatic carbocycles.